The molecular weight excluding hydrogens is 168 g/mol. The Morgan fingerprint density at radius 1 is 1.77 bits per heavy atom. The lowest BCUT2D eigenvalue weighted by atomic mass is 10.1. The lowest BCUT2D eigenvalue weighted by molar-refractivity contribution is -0.124. The molecule has 0 radical (unpaired) electrons. The van der Waals surface area contributed by atoms with Crippen LogP contribution < -0.4 is 10.6 Å². The Labute approximate surface area is 79.0 Å². The van der Waals surface area contributed by atoms with Crippen LogP contribution in [0.4, 0.5) is 0 Å². The van der Waals surface area contributed by atoms with Crippen LogP contribution in [0, 0.1) is 0 Å². The fourth-order valence-corrected chi connectivity index (χ4v) is 1.36. The molecule has 4 heteroatoms. The third-order valence-electron chi connectivity index (χ3n) is 2.34. The first-order chi connectivity index (χ1) is 6.24. The van der Waals surface area contributed by atoms with Crippen LogP contribution in [-0.4, -0.2) is 38.3 Å². The summed E-state index contributed by atoms with van der Waals surface area (Å²) >= 11 is 0. The zero-order valence-corrected chi connectivity index (χ0v) is 8.30. The average molecular weight is 186 g/mol. The van der Waals surface area contributed by atoms with Gasteiger partial charge in [0, 0.05) is 20.2 Å². The molecule has 13 heavy (non-hydrogen) atoms. The Hall–Kier alpha value is -0.610. The van der Waals surface area contributed by atoms with Gasteiger partial charge in [0.25, 0.3) is 0 Å². The van der Waals surface area contributed by atoms with Crippen LogP contribution in [0.5, 0.6) is 0 Å². The number of piperidine rings is 1. The van der Waals surface area contributed by atoms with Gasteiger partial charge in [-0.2, -0.15) is 0 Å². The predicted octanol–water partition coefficient (Wildman–Crippen LogP) is -0.110. The molecule has 1 saturated heterocycles. The van der Waals surface area contributed by atoms with Crippen molar-refractivity contribution in [3.63, 3.8) is 0 Å². The number of methoxy groups -OCH3 is 1. The quantitative estimate of drug-likeness (QED) is 0.644. The van der Waals surface area contributed by atoms with Crippen molar-refractivity contribution in [3.05, 3.63) is 0 Å². The molecule has 0 aromatic heterocycles. The molecule has 0 saturated carbocycles. The normalized spacial score (nSPS) is 25.4. The maximum absolute atomic E-state index is 11.3. The molecule has 1 heterocycles. The monoisotopic (exact) mass is 186 g/mol. The van der Waals surface area contributed by atoms with Gasteiger partial charge in [-0.15, -0.1) is 0 Å². The summed E-state index contributed by atoms with van der Waals surface area (Å²) in [6.07, 6.45) is 2.15. The van der Waals surface area contributed by atoms with Crippen LogP contribution in [0.15, 0.2) is 0 Å². The van der Waals surface area contributed by atoms with Gasteiger partial charge in [0.1, 0.15) is 0 Å². The lowest BCUT2D eigenvalue weighted by Crippen LogP contribution is -2.49. The molecule has 0 spiro atoms. The van der Waals surface area contributed by atoms with E-state index >= 15 is 0 Å². The van der Waals surface area contributed by atoms with Gasteiger partial charge in [-0.05, 0) is 19.8 Å². The molecule has 0 aromatic carbocycles. The minimum atomic E-state index is -0.0219. The fourth-order valence-electron chi connectivity index (χ4n) is 1.36. The van der Waals surface area contributed by atoms with E-state index in [4.69, 9.17) is 4.74 Å². The fraction of sp³-hybridized carbons (Fsp3) is 0.889. The van der Waals surface area contributed by atoms with E-state index in [9.17, 15) is 4.79 Å². The van der Waals surface area contributed by atoms with Crippen LogP contribution in [0.2, 0.25) is 0 Å². The van der Waals surface area contributed by atoms with Gasteiger partial charge in [-0.3, -0.25) is 4.79 Å². The zero-order valence-electron chi connectivity index (χ0n) is 8.30. The van der Waals surface area contributed by atoms with Crippen molar-refractivity contribution in [2.75, 3.05) is 20.2 Å². The van der Waals surface area contributed by atoms with Crippen molar-refractivity contribution < 1.29 is 9.53 Å². The number of amides is 1. The van der Waals surface area contributed by atoms with E-state index in [-0.39, 0.29) is 18.1 Å². The number of carbonyl (C=O) groups is 1. The summed E-state index contributed by atoms with van der Waals surface area (Å²) in [5, 5.41) is 6.02. The number of rotatable bonds is 4. The molecule has 0 bridgehead atoms. The van der Waals surface area contributed by atoms with Gasteiger partial charge < -0.3 is 15.4 Å². The van der Waals surface area contributed by atoms with E-state index < -0.39 is 0 Å². The highest BCUT2D eigenvalue weighted by Crippen LogP contribution is 2.02. The van der Waals surface area contributed by atoms with E-state index in [1.54, 1.807) is 7.11 Å². The van der Waals surface area contributed by atoms with Crippen molar-refractivity contribution in [1.82, 2.24) is 10.6 Å². The molecular formula is C9H18N2O2. The predicted molar refractivity (Wildman–Crippen MR) is 50.5 cm³/mol. The van der Waals surface area contributed by atoms with E-state index in [1.807, 2.05) is 6.92 Å². The molecule has 0 aromatic rings. The summed E-state index contributed by atoms with van der Waals surface area (Å²) < 4.78 is 5.08. The van der Waals surface area contributed by atoms with Crippen LogP contribution >= 0.6 is 0 Å². The summed E-state index contributed by atoms with van der Waals surface area (Å²) in [7, 11) is 1.67. The molecule has 2 N–H and O–H groups in total. The Balaban J connectivity index is 2.22. The third kappa shape index (κ3) is 3.32. The molecule has 76 valence electrons. The second-order valence-corrected chi connectivity index (χ2v) is 3.44. The number of ether oxygens (including phenoxy) is 1. The van der Waals surface area contributed by atoms with Crippen molar-refractivity contribution >= 4 is 5.91 Å². The first-order valence-electron chi connectivity index (χ1n) is 4.78. The topological polar surface area (TPSA) is 50.4 Å². The summed E-state index contributed by atoms with van der Waals surface area (Å²) in [6.45, 7) is 3.53. The number of hydrogen-bond acceptors (Lipinski definition) is 3. The van der Waals surface area contributed by atoms with E-state index in [0.717, 1.165) is 25.9 Å². The molecule has 1 amide bonds. The average Bonchev–Trinajstić information content (AvgIpc) is 2.16. The Morgan fingerprint density at radius 2 is 2.54 bits per heavy atom. The van der Waals surface area contributed by atoms with Crippen LogP contribution in [0.1, 0.15) is 19.8 Å². The highest BCUT2D eigenvalue weighted by molar-refractivity contribution is 5.82. The highest BCUT2D eigenvalue weighted by Gasteiger charge is 2.21. The summed E-state index contributed by atoms with van der Waals surface area (Å²) in [6, 6.07) is -0.0219. The molecule has 4 nitrogen and oxygen atoms in total. The van der Waals surface area contributed by atoms with Gasteiger partial charge in [0.15, 0.2) is 0 Å². The Bertz CT molecular complexity index is 173. The number of nitrogens with one attached hydrogen (secondary N) is 2. The van der Waals surface area contributed by atoms with E-state index in [0.29, 0.717) is 0 Å². The highest BCUT2D eigenvalue weighted by atomic mass is 16.5. The first kappa shape index (κ1) is 10.5. The van der Waals surface area contributed by atoms with Gasteiger partial charge in [0.05, 0.1) is 12.1 Å². The molecule has 2 unspecified atom stereocenters. The van der Waals surface area contributed by atoms with E-state index in [2.05, 4.69) is 10.6 Å². The van der Waals surface area contributed by atoms with Crippen molar-refractivity contribution in [3.8, 4) is 0 Å². The SMILES string of the molecule is COC(C)CNC1CCCNC1=O. The molecule has 1 aliphatic heterocycles. The maximum atomic E-state index is 11.3. The first-order valence-corrected chi connectivity index (χ1v) is 4.78. The summed E-state index contributed by atoms with van der Waals surface area (Å²) in [4.78, 5) is 11.3. The van der Waals surface area contributed by atoms with Crippen LogP contribution in [0.25, 0.3) is 0 Å². The molecule has 2 atom stereocenters. The smallest absolute Gasteiger partial charge is 0.237 e. The third-order valence-corrected chi connectivity index (χ3v) is 2.34. The van der Waals surface area contributed by atoms with Gasteiger partial charge in [-0.1, -0.05) is 0 Å². The lowest BCUT2D eigenvalue weighted by Gasteiger charge is -2.24. The zero-order chi connectivity index (χ0) is 9.68. The standard InChI is InChI=1S/C9H18N2O2/c1-7(13-2)6-11-8-4-3-5-10-9(8)12/h7-8,11H,3-6H2,1-2H3,(H,10,12). The van der Waals surface area contributed by atoms with Crippen molar-refractivity contribution in [2.45, 2.75) is 31.9 Å². The van der Waals surface area contributed by atoms with Crippen LogP contribution in [0.3, 0.4) is 0 Å². The van der Waals surface area contributed by atoms with Crippen molar-refractivity contribution in [1.29, 1.82) is 0 Å². The summed E-state index contributed by atoms with van der Waals surface area (Å²) in [5.74, 6) is 0.120. The molecule has 1 rings (SSSR count). The second kappa shape index (κ2) is 5.19. The van der Waals surface area contributed by atoms with Crippen molar-refractivity contribution in [2.24, 2.45) is 0 Å². The van der Waals surface area contributed by atoms with Crippen LogP contribution in [-0.2, 0) is 9.53 Å². The van der Waals surface area contributed by atoms with Gasteiger partial charge in [0.2, 0.25) is 5.91 Å². The molecule has 0 aliphatic carbocycles. The molecule has 1 fully saturated rings. The Kier molecular flexibility index (Phi) is 4.18. The number of carbonyl (C=O) groups excluding carboxylic acids is 1. The maximum Gasteiger partial charge on any atom is 0.237 e. The van der Waals surface area contributed by atoms with Gasteiger partial charge >= 0.3 is 0 Å². The Morgan fingerprint density at radius 3 is 3.15 bits per heavy atom. The summed E-state index contributed by atoms with van der Waals surface area (Å²) in [5.41, 5.74) is 0. The molecule has 1 aliphatic rings. The van der Waals surface area contributed by atoms with Gasteiger partial charge in [-0.25, -0.2) is 0 Å². The number of hydrogen-bond donors (Lipinski definition) is 2. The largest absolute Gasteiger partial charge is 0.380 e. The second-order valence-electron chi connectivity index (χ2n) is 3.44. The minimum absolute atomic E-state index is 0.0219. The van der Waals surface area contributed by atoms with E-state index in [1.165, 1.54) is 0 Å². The minimum Gasteiger partial charge on any atom is -0.380 e.